The number of hydrogen-bond donors (Lipinski definition) is 2. The van der Waals surface area contributed by atoms with Crippen molar-refractivity contribution >= 4 is 0 Å². The van der Waals surface area contributed by atoms with Crippen molar-refractivity contribution in [3.63, 3.8) is 0 Å². The highest BCUT2D eigenvalue weighted by atomic mass is 15.0. The van der Waals surface area contributed by atoms with Crippen LogP contribution in [0.15, 0.2) is 30.3 Å². The fourth-order valence-corrected chi connectivity index (χ4v) is 1.76. The van der Waals surface area contributed by atoms with E-state index in [-0.39, 0.29) is 0 Å². The summed E-state index contributed by atoms with van der Waals surface area (Å²) in [6, 6.07) is 11.4. The van der Waals surface area contributed by atoms with Gasteiger partial charge in [0.15, 0.2) is 0 Å². The molecular formula is C11H16N2. The van der Waals surface area contributed by atoms with Crippen LogP contribution in [0, 0.1) is 0 Å². The molecule has 70 valence electrons. The molecular weight excluding hydrogens is 160 g/mol. The maximum absolute atomic E-state index is 5.43. The summed E-state index contributed by atoms with van der Waals surface area (Å²) in [5.74, 6) is 0.729. The molecule has 2 nitrogen and oxygen atoms in total. The molecule has 13 heavy (non-hydrogen) atoms. The van der Waals surface area contributed by atoms with Gasteiger partial charge in [-0.25, -0.2) is 0 Å². The van der Waals surface area contributed by atoms with E-state index in [2.05, 4.69) is 35.6 Å². The lowest BCUT2D eigenvalue weighted by atomic mass is 10.1. The minimum Gasteiger partial charge on any atom is -0.329 e. The summed E-state index contributed by atoms with van der Waals surface area (Å²) in [6.45, 7) is 1.67. The minimum atomic E-state index is 0.672. The van der Waals surface area contributed by atoms with E-state index in [4.69, 9.17) is 5.73 Å². The summed E-state index contributed by atoms with van der Waals surface area (Å²) in [6.07, 6.45) is 1.27. The van der Waals surface area contributed by atoms with Gasteiger partial charge in [-0.2, -0.15) is 0 Å². The van der Waals surface area contributed by atoms with Gasteiger partial charge >= 0.3 is 0 Å². The Labute approximate surface area is 79.1 Å². The lowest BCUT2D eigenvalue weighted by Gasteiger charge is -2.01. The maximum atomic E-state index is 5.43. The first-order valence-electron chi connectivity index (χ1n) is 4.90. The highest BCUT2D eigenvalue weighted by Gasteiger charge is 2.37. The van der Waals surface area contributed by atoms with Crippen LogP contribution in [0.4, 0.5) is 0 Å². The van der Waals surface area contributed by atoms with Gasteiger partial charge in [-0.15, -0.1) is 0 Å². The van der Waals surface area contributed by atoms with Gasteiger partial charge in [0, 0.05) is 25.0 Å². The second kappa shape index (κ2) is 3.90. The predicted molar refractivity (Wildman–Crippen MR) is 54.6 cm³/mol. The number of nitrogens with two attached hydrogens (primary N) is 1. The molecule has 1 aromatic rings. The molecule has 0 spiro atoms. The van der Waals surface area contributed by atoms with Gasteiger partial charge in [0.25, 0.3) is 0 Å². The van der Waals surface area contributed by atoms with E-state index in [1.165, 1.54) is 12.0 Å². The highest BCUT2D eigenvalue weighted by Crippen LogP contribution is 2.40. The molecule has 1 saturated carbocycles. The molecule has 2 heteroatoms. The van der Waals surface area contributed by atoms with Crippen LogP contribution < -0.4 is 11.1 Å². The highest BCUT2D eigenvalue weighted by molar-refractivity contribution is 5.27. The van der Waals surface area contributed by atoms with Crippen molar-refractivity contribution in [1.29, 1.82) is 0 Å². The largest absolute Gasteiger partial charge is 0.329 e. The van der Waals surface area contributed by atoms with E-state index >= 15 is 0 Å². The van der Waals surface area contributed by atoms with Crippen LogP contribution in [-0.2, 0) is 0 Å². The van der Waals surface area contributed by atoms with Crippen LogP contribution in [0.5, 0.6) is 0 Å². The quantitative estimate of drug-likeness (QED) is 0.720. The fraction of sp³-hybridized carbons (Fsp3) is 0.455. The molecule has 1 aliphatic carbocycles. The first-order valence-corrected chi connectivity index (χ1v) is 4.90. The number of benzene rings is 1. The van der Waals surface area contributed by atoms with Crippen molar-refractivity contribution in [3.05, 3.63) is 35.9 Å². The van der Waals surface area contributed by atoms with Crippen LogP contribution >= 0.6 is 0 Å². The molecule has 2 unspecified atom stereocenters. The van der Waals surface area contributed by atoms with Crippen molar-refractivity contribution < 1.29 is 0 Å². The molecule has 0 saturated heterocycles. The zero-order chi connectivity index (χ0) is 9.10. The molecule has 1 fully saturated rings. The Kier molecular flexibility index (Phi) is 2.62. The minimum absolute atomic E-state index is 0.672. The summed E-state index contributed by atoms with van der Waals surface area (Å²) in [7, 11) is 0. The Bertz CT molecular complexity index is 258. The third kappa shape index (κ3) is 2.08. The Morgan fingerprint density at radius 3 is 2.77 bits per heavy atom. The zero-order valence-electron chi connectivity index (χ0n) is 7.74. The van der Waals surface area contributed by atoms with E-state index in [1.807, 2.05) is 0 Å². The lowest BCUT2D eigenvalue weighted by molar-refractivity contribution is 0.676. The maximum Gasteiger partial charge on any atom is 0.0143 e. The summed E-state index contributed by atoms with van der Waals surface area (Å²) in [5, 5.41) is 3.43. The topological polar surface area (TPSA) is 38.0 Å². The molecule has 2 rings (SSSR count). The van der Waals surface area contributed by atoms with Crippen LogP contribution in [0.1, 0.15) is 17.9 Å². The van der Waals surface area contributed by atoms with Crippen LogP contribution in [-0.4, -0.2) is 19.1 Å². The van der Waals surface area contributed by atoms with Gasteiger partial charge < -0.3 is 11.1 Å². The summed E-state index contributed by atoms with van der Waals surface area (Å²) in [5.41, 5.74) is 6.88. The Balaban J connectivity index is 1.86. The van der Waals surface area contributed by atoms with E-state index in [1.54, 1.807) is 0 Å². The first-order chi connectivity index (χ1) is 6.42. The SMILES string of the molecule is NCCNC1CC1c1ccccc1. The fourth-order valence-electron chi connectivity index (χ4n) is 1.76. The third-order valence-electron chi connectivity index (χ3n) is 2.57. The van der Waals surface area contributed by atoms with Crippen molar-refractivity contribution in [2.45, 2.75) is 18.4 Å². The van der Waals surface area contributed by atoms with Crippen LogP contribution in [0.25, 0.3) is 0 Å². The molecule has 1 aromatic carbocycles. The summed E-state index contributed by atoms with van der Waals surface area (Å²) in [4.78, 5) is 0. The van der Waals surface area contributed by atoms with Gasteiger partial charge in [-0.3, -0.25) is 0 Å². The smallest absolute Gasteiger partial charge is 0.0143 e. The normalized spacial score (nSPS) is 25.9. The number of hydrogen-bond acceptors (Lipinski definition) is 2. The molecule has 0 radical (unpaired) electrons. The van der Waals surface area contributed by atoms with Crippen molar-refractivity contribution in [2.24, 2.45) is 5.73 Å². The van der Waals surface area contributed by atoms with Gasteiger partial charge in [0.1, 0.15) is 0 Å². The van der Waals surface area contributed by atoms with Crippen molar-refractivity contribution in [1.82, 2.24) is 5.32 Å². The predicted octanol–water partition coefficient (Wildman–Crippen LogP) is 1.09. The molecule has 0 aliphatic heterocycles. The van der Waals surface area contributed by atoms with E-state index < -0.39 is 0 Å². The summed E-state index contributed by atoms with van der Waals surface area (Å²) < 4.78 is 0. The number of rotatable bonds is 4. The molecule has 0 bridgehead atoms. The monoisotopic (exact) mass is 176 g/mol. The van der Waals surface area contributed by atoms with E-state index in [9.17, 15) is 0 Å². The van der Waals surface area contributed by atoms with E-state index in [0.717, 1.165) is 19.0 Å². The Hall–Kier alpha value is -0.860. The second-order valence-corrected chi connectivity index (χ2v) is 3.60. The van der Waals surface area contributed by atoms with Gasteiger partial charge in [0.05, 0.1) is 0 Å². The van der Waals surface area contributed by atoms with Crippen LogP contribution in [0.2, 0.25) is 0 Å². The average molecular weight is 176 g/mol. The Morgan fingerprint density at radius 2 is 2.08 bits per heavy atom. The second-order valence-electron chi connectivity index (χ2n) is 3.60. The average Bonchev–Trinajstić information content (AvgIpc) is 2.95. The summed E-state index contributed by atoms with van der Waals surface area (Å²) >= 11 is 0. The standard InChI is InChI=1S/C11H16N2/c12-6-7-13-11-8-10(11)9-4-2-1-3-5-9/h1-5,10-11,13H,6-8,12H2. The Morgan fingerprint density at radius 1 is 1.31 bits per heavy atom. The van der Waals surface area contributed by atoms with Gasteiger partial charge in [-0.1, -0.05) is 30.3 Å². The lowest BCUT2D eigenvalue weighted by Crippen LogP contribution is -2.25. The van der Waals surface area contributed by atoms with E-state index in [0.29, 0.717) is 6.04 Å². The molecule has 1 aliphatic rings. The molecule has 3 N–H and O–H groups in total. The van der Waals surface area contributed by atoms with Gasteiger partial charge in [0.2, 0.25) is 0 Å². The van der Waals surface area contributed by atoms with Crippen LogP contribution in [0.3, 0.4) is 0 Å². The van der Waals surface area contributed by atoms with Crippen molar-refractivity contribution in [2.75, 3.05) is 13.1 Å². The first kappa shape index (κ1) is 8.73. The van der Waals surface area contributed by atoms with Gasteiger partial charge in [-0.05, 0) is 12.0 Å². The third-order valence-corrected chi connectivity index (χ3v) is 2.57. The number of nitrogens with one attached hydrogen (secondary N) is 1. The molecule has 0 heterocycles. The molecule has 2 atom stereocenters. The van der Waals surface area contributed by atoms with Crippen molar-refractivity contribution in [3.8, 4) is 0 Å². The zero-order valence-corrected chi connectivity index (χ0v) is 7.74. The molecule has 0 amide bonds. The molecule has 0 aromatic heterocycles.